The summed E-state index contributed by atoms with van der Waals surface area (Å²) in [6.07, 6.45) is 3.86. The minimum absolute atomic E-state index is 0. The number of nitrogens with zero attached hydrogens (tertiary/aromatic N) is 3. The summed E-state index contributed by atoms with van der Waals surface area (Å²) in [5.74, 6) is 0.731. The lowest BCUT2D eigenvalue weighted by Gasteiger charge is -2.32. The number of likely N-dealkylation sites (N-methyl/N-ethyl adjacent to an activating group) is 1. The Bertz CT molecular complexity index is 640. The normalized spacial score (nSPS) is 16.7. The third-order valence-electron chi connectivity index (χ3n) is 3.74. The van der Waals surface area contributed by atoms with Crippen molar-refractivity contribution in [3.63, 3.8) is 0 Å². The maximum atomic E-state index is 12.5. The molecule has 1 saturated heterocycles. The molecular weight excluding hydrogens is 369 g/mol. The van der Waals surface area contributed by atoms with Gasteiger partial charge >= 0.3 is 0 Å². The van der Waals surface area contributed by atoms with Gasteiger partial charge in [0.25, 0.3) is 5.91 Å². The molecule has 0 saturated carbocycles. The lowest BCUT2D eigenvalue weighted by molar-refractivity contribution is 0.0693. The van der Waals surface area contributed by atoms with E-state index in [1.54, 1.807) is 11.6 Å². The van der Waals surface area contributed by atoms with Gasteiger partial charge < -0.3 is 15.5 Å². The molecule has 1 fully saturated rings. The SMILES string of the molecule is CNC1CCCN(C(=O)c2csc(Nc3ccccn3)n2)C1.Cl.Cl. The van der Waals surface area contributed by atoms with Crippen LogP contribution in [0.4, 0.5) is 10.9 Å². The summed E-state index contributed by atoms with van der Waals surface area (Å²) in [7, 11) is 1.94. The van der Waals surface area contributed by atoms with Gasteiger partial charge in [-0.25, -0.2) is 9.97 Å². The molecule has 1 atom stereocenters. The van der Waals surface area contributed by atoms with Crippen molar-refractivity contribution < 1.29 is 4.79 Å². The summed E-state index contributed by atoms with van der Waals surface area (Å²) in [5.41, 5.74) is 0.500. The van der Waals surface area contributed by atoms with E-state index in [9.17, 15) is 4.79 Å². The molecule has 1 amide bonds. The first-order valence-corrected chi connectivity index (χ1v) is 8.24. The van der Waals surface area contributed by atoms with Crippen molar-refractivity contribution in [1.82, 2.24) is 20.2 Å². The zero-order valence-electron chi connectivity index (χ0n) is 13.3. The second-order valence-electron chi connectivity index (χ2n) is 5.26. The Balaban J connectivity index is 0.00000144. The third kappa shape index (κ3) is 5.04. The zero-order chi connectivity index (χ0) is 15.4. The summed E-state index contributed by atoms with van der Waals surface area (Å²) >= 11 is 1.42. The van der Waals surface area contributed by atoms with E-state index in [1.807, 2.05) is 30.1 Å². The highest BCUT2D eigenvalue weighted by atomic mass is 35.5. The zero-order valence-corrected chi connectivity index (χ0v) is 15.7. The van der Waals surface area contributed by atoms with Gasteiger partial charge in [-0.3, -0.25) is 4.79 Å². The Labute approximate surface area is 157 Å². The van der Waals surface area contributed by atoms with Gasteiger partial charge in [0.2, 0.25) is 0 Å². The van der Waals surface area contributed by atoms with Crippen LogP contribution in [0.2, 0.25) is 0 Å². The van der Waals surface area contributed by atoms with Crippen LogP contribution in [-0.4, -0.2) is 47.0 Å². The summed E-state index contributed by atoms with van der Waals surface area (Å²) in [6, 6.07) is 6.00. The molecule has 0 spiro atoms. The van der Waals surface area contributed by atoms with Crippen molar-refractivity contribution in [2.45, 2.75) is 18.9 Å². The number of carbonyl (C=O) groups is 1. The van der Waals surface area contributed by atoms with E-state index < -0.39 is 0 Å². The molecule has 6 nitrogen and oxygen atoms in total. The number of thiazole rings is 1. The summed E-state index contributed by atoms with van der Waals surface area (Å²) in [4.78, 5) is 23.0. The van der Waals surface area contributed by atoms with E-state index >= 15 is 0 Å². The van der Waals surface area contributed by atoms with Gasteiger partial charge in [0.1, 0.15) is 11.5 Å². The summed E-state index contributed by atoms with van der Waals surface area (Å²) in [5, 5.41) is 8.85. The lowest BCUT2D eigenvalue weighted by atomic mass is 10.1. The molecule has 1 unspecified atom stereocenters. The molecule has 9 heteroatoms. The van der Waals surface area contributed by atoms with Gasteiger partial charge in [-0.1, -0.05) is 6.07 Å². The van der Waals surface area contributed by atoms with Crippen molar-refractivity contribution in [2.75, 3.05) is 25.5 Å². The summed E-state index contributed by atoms with van der Waals surface area (Å²) in [6.45, 7) is 1.55. The molecule has 0 radical (unpaired) electrons. The molecule has 2 aromatic rings. The van der Waals surface area contributed by atoms with E-state index in [2.05, 4.69) is 20.6 Å². The number of likely N-dealkylation sites (tertiary alicyclic amines) is 1. The average Bonchev–Trinajstić information content (AvgIpc) is 3.03. The number of rotatable bonds is 4. The maximum absolute atomic E-state index is 12.5. The highest BCUT2D eigenvalue weighted by molar-refractivity contribution is 7.14. The van der Waals surface area contributed by atoms with Crippen LogP contribution in [-0.2, 0) is 0 Å². The number of anilines is 2. The fraction of sp³-hybridized carbons (Fsp3) is 0.400. The molecule has 3 heterocycles. The second-order valence-corrected chi connectivity index (χ2v) is 6.11. The smallest absolute Gasteiger partial charge is 0.273 e. The van der Waals surface area contributed by atoms with Crippen molar-refractivity contribution in [3.8, 4) is 0 Å². The molecule has 132 valence electrons. The number of pyridine rings is 1. The van der Waals surface area contributed by atoms with Crippen LogP contribution in [0.15, 0.2) is 29.8 Å². The van der Waals surface area contributed by atoms with Gasteiger partial charge in [-0.05, 0) is 32.0 Å². The molecule has 2 aromatic heterocycles. The van der Waals surface area contributed by atoms with Gasteiger partial charge in [-0.15, -0.1) is 36.2 Å². The largest absolute Gasteiger partial charge is 0.336 e. The predicted molar refractivity (Wildman–Crippen MR) is 102 cm³/mol. The molecule has 2 N–H and O–H groups in total. The fourth-order valence-electron chi connectivity index (χ4n) is 2.53. The second kappa shape index (κ2) is 9.78. The molecule has 1 aliphatic rings. The molecule has 24 heavy (non-hydrogen) atoms. The number of piperidine rings is 1. The lowest BCUT2D eigenvalue weighted by Crippen LogP contribution is -2.47. The van der Waals surface area contributed by atoms with Crippen molar-refractivity contribution in [2.24, 2.45) is 0 Å². The van der Waals surface area contributed by atoms with Crippen LogP contribution >= 0.6 is 36.2 Å². The number of carbonyl (C=O) groups excluding carboxylic acids is 1. The monoisotopic (exact) mass is 389 g/mol. The van der Waals surface area contributed by atoms with E-state index in [-0.39, 0.29) is 30.7 Å². The Morgan fingerprint density at radius 1 is 1.38 bits per heavy atom. The van der Waals surface area contributed by atoms with E-state index in [4.69, 9.17) is 0 Å². The Morgan fingerprint density at radius 3 is 2.92 bits per heavy atom. The fourth-order valence-corrected chi connectivity index (χ4v) is 3.23. The van der Waals surface area contributed by atoms with E-state index in [1.165, 1.54) is 11.3 Å². The average molecular weight is 390 g/mol. The molecule has 0 aliphatic carbocycles. The van der Waals surface area contributed by atoms with E-state index in [0.29, 0.717) is 16.9 Å². The van der Waals surface area contributed by atoms with Crippen LogP contribution in [0, 0.1) is 0 Å². The Morgan fingerprint density at radius 2 is 2.21 bits per heavy atom. The molecule has 3 rings (SSSR count). The molecule has 0 bridgehead atoms. The number of hydrogen-bond donors (Lipinski definition) is 2. The molecule has 0 aromatic carbocycles. The van der Waals surface area contributed by atoms with Crippen LogP contribution < -0.4 is 10.6 Å². The summed E-state index contributed by atoms with van der Waals surface area (Å²) < 4.78 is 0. The van der Waals surface area contributed by atoms with E-state index in [0.717, 1.165) is 31.7 Å². The van der Waals surface area contributed by atoms with Crippen molar-refractivity contribution >= 4 is 53.0 Å². The van der Waals surface area contributed by atoms with Crippen molar-refractivity contribution in [1.29, 1.82) is 0 Å². The number of halogens is 2. The number of hydrogen-bond acceptors (Lipinski definition) is 6. The number of aromatic nitrogens is 2. The first kappa shape index (κ1) is 20.6. The van der Waals surface area contributed by atoms with Gasteiger partial charge in [0.15, 0.2) is 5.13 Å². The van der Waals surface area contributed by atoms with Gasteiger partial charge in [0.05, 0.1) is 0 Å². The third-order valence-corrected chi connectivity index (χ3v) is 4.50. The van der Waals surface area contributed by atoms with Crippen LogP contribution in [0.5, 0.6) is 0 Å². The maximum Gasteiger partial charge on any atom is 0.273 e. The highest BCUT2D eigenvalue weighted by Crippen LogP contribution is 2.21. The molecular formula is C15H21Cl2N5OS. The number of nitrogens with one attached hydrogen (secondary N) is 2. The highest BCUT2D eigenvalue weighted by Gasteiger charge is 2.25. The Kier molecular flexibility index (Phi) is 8.41. The first-order chi connectivity index (χ1) is 10.8. The van der Waals surface area contributed by atoms with Gasteiger partial charge in [0, 0.05) is 30.7 Å². The standard InChI is InChI=1S/C15H19N5OS.2ClH/c1-16-11-5-4-8-20(9-11)14(21)12-10-22-15(18-12)19-13-6-2-3-7-17-13;;/h2-3,6-7,10-11,16H,4-5,8-9H2,1H3,(H,17,18,19);2*1H. The quantitative estimate of drug-likeness (QED) is 0.840. The van der Waals surface area contributed by atoms with Crippen LogP contribution in [0.1, 0.15) is 23.3 Å². The predicted octanol–water partition coefficient (Wildman–Crippen LogP) is 2.95. The first-order valence-electron chi connectivity index (χ1n) is 7.36. The van der Waals surface area contributed by atoms with Crippen molar-refractivity contribution in [3.05, 3.63) is 35.5 Å². The number of amides is 1. The van der Waals surface area contributed by atoms with Gasteiger partial charge in [-0.2, -0.15) is 0 Å². The van der Waals surface area contributed by atoms with Crippen LogP contribution in [0.3, 0.4) is 0 Å². The van der Waals surface area contributed by atoms with Crippen LogP contribution in [0.25, 0.3) is 0 Å². The Hall–Kier alpha value is -1.41. The minimum Gasteiger partial charge on any atom is -0.336 e. The topological polar surface area (TPSA) is 70.2 Å². The molecule has 1 aliphatic heterocycles. The minimum atomic E-state index is 0.